The maximum atomic E-state index is 12.8. The lowest BCUT2D eigenvalue weighted by Gasteiger charge is -2.41. The standard InChI is InChI=1S/C19H29N3O/c1-7-14(23)17-15(11(2)3)16-12-8-9-20-10-13(12)21-18(16)22(17)19(4,5)6/h8-11,15-18,21H,7H2,1-6H3. The van der Waals surface area contributed by atoms with E-state index in [0.29, 0.717) is 30.0 Å². The number of ketones is 1. The average Bonchev–Trinajstić information content (AvgIpc) is 2.98. The summed E-state index contributed by atoms with van der Waals surface area (Å²) < 4.78 is 0. The number of fused-ring (bicyclic) bond motifs is 3. The van der Waals surface area contributed by atoms with Crippen molar-refractivity contribution in [2.45, 2.75) is 71.6 Å². The molecule has 2 aliphatic heterocycles. The van der Waals surface area contributed by atoms with Crippen molar-refractivity contribution >= 4 is 11.5 Å². The molecule has 0 radical (unpaired) electrons. The van der Waals surface area contributed by atoms with Crippen molar-refractivity contribution in [3.8, 4) is 0 Å². The fourth-order valence-electron chi connectivity index (χ4n) is 4.64. The number of nitrogens with one attached hydrogen (secondary N) is 1. The van der Waals surface area contributed by atoms with E-state index in [1.807, 2.05) is 19.3 Å². The molecule has 3 heterocycles. The molecule has 0 amide bonds. The van der Waals surface area contributed by atoms with Crippen LogP contribution >= 0.6 is 0 Å². The molecule has 1 aromatic heterocycles. The van der Waals surface area contributed by atoms with Gasteiger partial charge in [-0.3, -0.25) is 14.7 Å². The first-order chi connectivity index (χ1) is 10.8. The summed E-state index contributed by atoms with van der Waals surface area (Å²) in [4.78, 5) is 19.5. The van der Waals surface area contributed by atoms with Crippen LogP contribution in [0, 0.1) is 11.8 Å². The van der Waals surface area contributed by atoms with Gasteiger partial charge < -0.3 is 5.32 Å². The molecule has 4 heteroatoms. The summed E-state index contributed by atoms with van der Waals surface area (Å²) in [5, 5.41) is 3.66. The Morgan fingerprint density at radius 2 is 2.09 bits per heavy atom. The highest BCUT2D eigenvalue weighted by atomic mass is 16.1. The Bertz CT molecular complexity index is 605. The third-order valence-corrected chi connectivity index (χ3v) is 5.46. The highest BCUT2D eigenvalue weighted by molar-refractivity contribution is 5.85. The molecule has 23 heavy (non-hydrogen) atoms. The van der Waals surface area contributed by atoms with Gasteiger partial charge in [0.2, 0.25) is 0 Å². The van der Waals surface area contributed by atoms with E-state index in [4.69, 9.17) is 0 Å². The van der Waals surface area contributed by atoms with Crippen LogP contribution in [-0.4, -0.2) is 33.4 Å². The van der Waals surface area contributed by atoms with Gasteiger partial charge in [-0.2, -0.15) is 0 Å². The molecule has 1 N–H and O–H groups in total. The summed E-state index contributed by atoms with van der Waals surface area (Å²) in [6.07, 6.45) is 4.57. The lowest BCUT2D eigenvalue weighted by Crippen LogP contribution is -2.54. The van der Waals surface area contributed by atoms with Crippen LogP contribution in [0.25, 0.3) is 0 Å². The molecule has 0 aliphatic carbocycles. The van der Waals surface area contributed by atoms with E-state index in [9.17, 15) is 4.79 Å². The van der Waals surface area contributed by atoms with Crippen molar-refractivity contribution < 1.29 is 4.79 Å². The topological polar surface area (TPSA) is 45.2 Å². The number of carbonyl (C=O) groups is 1. The molecule has 0 bridgehead atoms. The van der Waals surface area contributed by atoms with Crippen LogP contribution in [-0.2, 0) is 4.79 Å². The lowest BCUT2D eigenvalue weighted by molar-refractivity contribution is -0.127. The van der Waals surface area contributed by atoms with Gasteiger partial charge >= 0.3 is 0 Å². The molecule has 0 spiro atoms. The summed E-state index contributed by atoms with van der Waals surface area (Å²) in [7, 11) is 0. The maximum Gasteiger partial charge on any atom is 0.150 e. The largest absolute Gasteiger partial charge is 0.368 e. The van der Waals surface area contributed by atoms with Crippen LogP contribution in [0.4, 0.5) is 5.69 Å². The van der Waals surface area contributed by atoms with Crippen molar-refractivity contribution in [3.63, 3.8) is 0 Å². The van der Waals surface area contributed by atoms with E-state index < -0.39 is 0 Å². The van der Waals surface area contributed by atoms with Gasteiger partial charge in [0.25, 0.3) is 0 Å². The van der Waals surface area contributed by atoms with Crippen LogP contribution in [0.15, 0.2) is 18.5 Å². The van der Waals surface area contributed by atoms with Crippen LogP contribution in [0.3, 0.4) is 0 Å². The van der Waals surface area contributed by atoms with E-state index in [-0.39, 0.29) is 17.7 Å². The number of aromatic nitrogens is 1. The normalized spacial score (nSPS) is 30.2. The van der Waals surface area contributed by atoms with Crippen LogP contribution in [0.5, 0.6) is 0 Å². The van der Waals surface area contributed by atoms with Gasteiger partial charge in [0.15, 0.2) is 0 Å². The number of pyridine rings is 1. The Balaban J connectivity index is 2.13. The van der Waals surface area contributed by atoms with Crippen molar-refractivity contribution in [2.24, 2.45) is 11.8 Å². The number of Topliss-reactive ketones (excluding diaryl/α,β-unsaturated/α-hetero) is 1. The summed E-state index contributed by atoms with van der Waals surface area (Å²) in [5.41, 5.74) is 2.39. The molecule has 0 aromatic carbocycles. The zero-order chi connectivity index (χ0) is 16.9. The molecule has 0 saturated carbocycles. The van der Waals surface area contributed by atoms with E-state index in [1.165, 1.54) is 5.56 Å². The van der Waals surface area contributed by atoms with Crippen molar-refractivity contribution in [2.75, 3.05) is 5.32 Å². The Morgan fingerprint density at radius 3 is 2.65 bits per heavy atom. The molecular weight excluding hydrogens is 286 g/mol. The van der Waals surface area contributed by atoms with Gasteiger partial charge in [-0.15, -0.1) is 0 Å². The van der Waals surface area contributed by atoms with Gasteiger partial charge in [0.1, 0.15) is 5.78 Å². The minimum Gasteiger partial charge on any atom is -0.368 e. The first-order valence-electron chi connectivity index (χ1n) is 8.79. The van der Waals surface area contributed by atoms with Gasteiger partial charge in [-0.1, -0.05) is 20.8 Å². The smallest absolute Gasteiger partial charge is 0.150 e. The molecule has 4 unspecified atom stereocenters. The zero-order valence-electron chi connectivity index (χ0n) is 15.1. The van der Waals surface area contributed by atoms with Gasteiger partial charge in [-0.05, 0) is 44.2 Å². The number of anilines is 1. The maximum absolute atomic E-state index is 12.8. The van der Waals surface area contributed by atoms with Gasteiger partial charge in [0.05, 0.1) is 24.1 Å². The van der Waals surface area contributed by atoms with E-state index >= 15 is 0 Å². The molecule has 4 atom stereocenters. The zero-order valence-corrected chi connectivity index (χ0v) is 15.1. The molecule has 4 nitrogen and oxygen atoms in total. The minimum atomic E-state index is -0.0650. The summed E-state index contributed by atoms with van der Waals surface area (Å²) >= 11 is 0. The van der Waals surface area contributed by atoms with Crippen LogP contribution < -0.4 is 5.32 Å². The Morgan fingerprint density at radius 1 is 1.39 bits per heavy atom. The fourth-order valence-corrected chi connectivity index (χ4v) is 4.64. The number of hydrogen-bond acceptors (Lipinski definition) is 4. The third kappa shape index (κ3) is 2.47. The second-order valence-corrected chi connectivity index (χ2v) is 8.24. The van der Waals surface area contributed by atoms with Crippen molar-refractivity contribution in [1.29, 1.82) is 0 Å². The molecule has 2 aliphatic rings. The first-order valence-corrected chi connectivity index (χ1v) is 8.79. The molecule has 3 rings (SSSR count). The third-order valence-electron chi connectivity index (χ3n) is 5.46. The lowest BCUT2D eigenvalue weighted by atomic mass is 9.77. The average molecular weight is 315 g/mol. The van der Waals surface area contributed by atoms with Crippen molar-refractivity contribution in [1.82, 2.24) is 9.88 Å². The monoisotopic (exact) mass is 315 g/mol. The summed E-state index contributed by atoms with van der Waals surface area (Å²) in [6, 6.07) is 2.12. The number of rotatable bonds is 3. The van der Waals surface area contributed by atoms with Gasteiger partial charge in [-0.25, -0.2) is 0 Å². The number of carbonyl (C=O) groups excluding carboxylic acids is 1. The quantitative estimate of drug-likeness (QED) is 0.925. The Hall–Kier alpha value is -1.42. The molecule has 1 saturated heterocycles. The second-order valence-electron chi connectivity index (χ2n) is 8.24. The van der Waals surface area contributed by atoms with E-state index in [2.05, 4.69) is 55.9 Å². The van der Waals surface area contributed by atoms with Gasteiger partial charge in [0, 0.05) is 24.1 Å². The second kappa shape index (κ2) is 5.59. The number of hydrogen-bond donors (Lipinski definition) is 1. The minimum absolute atomic E-state index is 0.0104. The number of likely N-dealkylation sites (tertiary alicyclic amines) is 1. The summed E-state index contributed by atoms with van der Waals surface area (Å²) in [5.74, 6) is 1.51. The Kier molecular flexibility index (Phi) is 3.99. The van der Waals surface area contributed by atoms with E-state index in [1.54, 1.807) is 0 Å². The highest BCUT2D eigenvalue weighted by Crippen LogP contribution is 2.53. The SMILES string of the molecule is CCC(=O)C1C(C(C)C)C2c3ccncc3NC2N1C(C)(C)C. The van der Waals surface area contributed by atoms with Crippen molar-refractivity contribution in [3.05, 3.63) is 24.0 Å². The van der Waals surface area contributed by atoms with Crippen LogP contribution in [0.1, 0.15) is 59.4 Å². The molecule has 1 fully saturated rings. The first kappa shape index (κ1) is 16.4. The molecule has 126 valence electrons. The predicted octanol–water partition coefficient (Wildman–Crippen LogP) is 3.65. The van der Waals surface area contributed by atoms with E-state index in [0.717, 1.165) is 5.69 Å². The summed E-state index contributed by atoms with van der Waals surface area (Å²) in [6.45, 7) is 13.1. The molecule has 1 aromatic rings. The molecular formula is C19H29N3O. The Labute approximate surface area is 139 Å². The van der Waals surface area contributed by atoms with Crippen LogP contribution in [0.2, 0.25) is 0 Å². The highest BCUT2D eigenvalue weighted by Gasteiger charge is 2.58. The predicted molar refractivity (Wildman–Crippen MR) is 93.4 cm³/mol. The number of nitrogens with zero attached hydrogens (tertiary/aromatic N) is 2. The fraction of sp³-hybridized carbons (Fsp3) is 0.684.